The van der Waals surface area contributed by atoms with E-state index in [0.717, 1.165) is 0 Å². The van der Waals surface area contributed by atoms with Crippen LogP contribution in [0.2, 0.25) is 0 Å². The van der Waals surface area contributed by atoms with Crippen LogP contribution in [0.15, 0.2) is 11.1 Å². The van der Waals surface area contributed by atoms with Gasteiger partial charge in [0, 0.05) is 29.6 Å². The Morgan fingerprint density at radius 3 is 2.64 bits per heavy atom. The summed E-state index contributed by atoms with van der Waals surface area (Å²) in [7, 11) is 0. The number of anilines is 1. The number of hydrogen-bond donors (Lipinski definition) is 3. The van der Waals surface area contributed by atoms with Gasteiger partial charge in [-0.3, -0.25) is 9.78 Å². The summed E-state index contributed by atoms with van der Waals surface area (Å²) >= 11 is 0. The number of hydrogen-bond acceptors (Lipinski definition) is 4. The summed E-state index contributed by atoms with van der Waals surface area (Å²) in [4.78, 5) is 23.5. The standard InChI is InChI=1S/C5H5N5O.Na.2H2O/c6-5-9-3-2(4(11)10-5)7-1-8-3;;;/h1H,(H4,6,7,8,9,10,11);;2*1H2. The Labute approximate surface area is 99.9 Å². The fourth-order valence-electron chi connectivity index (χ4n) is 0.860. The Kier molecular flexibility index (Phi) is 6.36. The Morgan fingerprint density at radius 1 is 1.36 bits per heavy atom. The van der Waals surface area contributed by atoms with Crippen LogP contribution >= 0.6 is 0 Å². The topological polar surface area (TPSA) is 163 Å². The number of H-pyrrole nitrogens is 2. The first-order chi connectivity index (χ1) is 5.27. The number of nitrogens with two attached hydrogens (primary N) is 1. The molecule has 0 spiro atoms. The first-order valence-corrected chi connectivity index (χ1v) is 2.96. The van der Waals surface area contributed by atoms with E-state index in [1.807, 2.05) is 0 Å². The third kappa shape index (κ3) is 2.53. The van der Waals surface area contributed by atoms with Crippen LogP contribution in [0.25, 0.3) is 11.2 Å². The van der Waals surface area contributed by atoms with E-state index in [0.29, 0.717) is 11.2 Å². The molecule has 0 fully saturated rings. The van der Waals surface area contributed by atoms with Gasteiger partial charge in [-0.1, -0.05) is 0 Å². The third-order valence-corrected chi connectivity index (χ3v) is 1.31. The Bertz CT molecular complexity index is 452. The zero-order valence-corrected chi connectivity index (χ0v) is 9.46. The van der Waals surface area contributed by atoms with Gasteiger partial charge in [0.2, 0.25) is 5.95 Å². The zero-order valence-electron chi connectivity index (χ0n) is 7.46. The van der Waals surface area contributed by atoms with E-state index in [9.17, 15) is 4.79 Å². The summed E-state index contributed by atoms with van der Waals surface area (Å²) in [5.41, 5.74) is 5.65. The molecule has 0 aliphatic carbocycles. The van der Waals surface area contributed by atoms with Crippen LogP contribution in [-0.2, 0) is 0 Å². The van der Waals surface area contributed by atoms with Gasteiger partial charge in [-0.2, -0.15) is 4.98 Å². The van der Waals surface area contributed by atoms with E-state index in [1.54, 1.807) is 0 Å². The monoisotopic (exact) mass is 210 g/mol. The number of fused-ring (bicyclic) bond motifs is 1. The van der Waals surface area contributed by atoms with Crippen LogP contribution in [0.1, 0.15) is 0 Å². The van der Waals surface area contributed by atoms with Crippen molar-refractivity contribution in [3.63, 3.8) is 0 Å². The first-order valence-electron chi connectivity index (χ1n) is 2.96. The van der Waals surface area contributed by atoms with Crippen molar-refractivity contribution in [3.8, 4) is 0 Å². The van der Waals surface area contributed by atoms with Crippen molar-refractivity contribution >= 4 is 46.7 Å². The number of aromatic amines is 2. The molecule has 73 valence electrons. The van der Waals surface area contributed by atoms with Gasteiger partial charge < -0.3 is 21.7 Å². The minimum atomic E-state index is -0.301. The summed E-state index contributed by atoms with van der Waals surface area (Å²) in [5.74, 6) is 0.0783. The summed E-state index contributed by atoms with van der Waals surface area (Å²) in [5, 5.41) is 0. The minimum Gasteiger partial charge on any atom is -0.412 e. The first kappa shape index (κ1) is 15.5. The number of nitrogen functional groups attached to an aromatic ring is 1. The number of rotatable bonds is 0. The molecule has 0 unspecified atom stereocenters. The van der Waals surface area contributed by atoms with Crippen molar-refractivity contribution in [2.75, 3.05) is 5.73 Å². The van der Waals surface area contributed by atoms with E-state index in [1.165, 1.54) is 6.33 Å². The molecule has 0 saturated carbocycles. The number of nitrogens with one attached hydrogen (secondary N) is 2. The van der Waals surface area contributed by atoms with Crippen molar-refractivity contribution in [1.82, 2.24) is 19.9 Å². The second-order valence-corrected chi connectivity index (χ2v) is 2.05. The summed E-state index contributed by atoms with van der Waals surface area (Å²) in [6.07, 6.45) is 1.40. The smallest absolute Gasteiger partial charge is 0.278 e. The summed E-state index contributed by atoms with van der Waals surface area (Å²) < 4.78 is 0. The van der Waals surface area contributed by atoms with Crippen molar-refractivity contribution in [1.29, 1.82) is 0 Å². The van der Waals surface area contributed by atoms with Gasteiger partial charge in [0.15, 0.2) is 11.2 Å². The molecule has 2 rings (SSSR count). The molecular weight excluding hydrogens is 201 g/mol. The molecule has 8 N–H and O–H groups in total. The molecule has 8 nitrogen and oxygen atoms in total. The van der Waals surface area contributed by atoms with Crippen molar-refractivity contribution in [2.45, 2.75) is 0 Å². The fraction of sp³-hybridized carbons (Fsp3) is 0. The van der Waals surface area contributed by atoms with Crippen molar-refractivity contribution in [2.24, 2.45) is 0 Å². The van der Waals surface area contributed by atoms with Gasteiger partial charge in [0.05, 0.1) is 6.33 Å². The van der Waals surface area contributed by atoms with E-state index in [4.69, 9.17) is 5.73 Å². The van der Waals surface area contributed by atoms with E-state index in [-0.39, 0.29) is 52.0 Å². The Morgan fingerprint density at radius 2 is 2.00 bits per heavy atom. The Balaban J connectivity index is 0. The molecule has 0 bridgehead atoms. The fourth-order valence-corrected chi connectivity index (χ4v) is 0.860. The molecule has 0 aliphatic heterocycles. The van der Waals surface area contributed by atoms with E-state index < -0.39 is 0 Å². The van der Waals surface area contributed by atoms with Crippen LogP contribution in [-0.4, -0.2) is 60.4 Å². The predicted molar refractivity (Wildman–Crippen MR) is 51.9 cm³/mol. The molecule has 0 amide bonds. The van der Waals surface area contributed by atoms with Gasteiger partial charge in [-0.15, -0.1) is 0 Å². The third-order valence-electron chi connectivity index (χ3n) is 1.31. The van der Waals surface area contributed by atoms with Crippen LogP contribution in [0.5, 0.6) is 0 Å². The molecule has 9 heteroatoms. The van der Waals surface area contributed by atoms with Crippen LogP contribution in [0.3, 0.4) is 0 Å². The quantitative estimate of drug-likeness (QED) is 0.400. The average Bonchev–Trinajstić information content (AvgIpc) is 2.34. The zero-order chi connectivity index (χ0) is 7.84. The largest absolute Gasteiger partial charge is 0.412 e. The molecule has 0 aromatic carbocycles. The van der Waals surface area contributed by atoms with Gasteiger partial charge >= 0.3 is 0 Å². The summed E-state index contributed by atoms with van der Waals surface area (Å²) in [6, 6.07) is 0. The summed E-state index contributed by atoms with van der Waals surface area (Å²) in [6.45, 7) is 0. The van der Waals surface area contributed by atoms with Crippen molar-refractivity contribution in [3.05, 3.63) is 16.7 Å². The van der Waals surface area contributed by atoms with Crippen LogP contribution < -0.4 is 11.3 Å². The molecule has 0 atom stereocenters. The molecular formula is C5H9N5NaO3. The molecule has 0 aliphatic rings. The maximum Gasteiger partial charge on any atom is 0.278 e. The van der Waals surface area contributed by atoms with Crippen LogP contribution in [0, 0.1) is 0 Å². The second kappa shape index (κ2) is 5.73. The molecule has 1 radical (unpaired) electrons. The molecule has 0 saturated heterocycles. The van der Waals surface area contributed by atoms with Gasteiger partial charge in [0.1, 0.15) is 0 Å². The van der Waals surface area contributed by atoms with E-state index >= 15 is 0 Å². The van der Waals surface area contributed by atoms with Gasteiger partial charge in [-0.25, -0.2) is 4.98 Å². The predicted octanol–water partition coefficient (Wildman–Crippen LogP) is -2.80. The number of nitrogens with zero attached hydrogens (tertiary/aromatic N) is 2. The Hall–Kier alpha value is -0.930. The number of aromatic nitrogens is 4. The van der Waals surface area contributed by atoms with Gasteiger partial charge in [-0.05, 0) is 0 Å². The van der Waals surface area contributed by atoms with Crippen molar-refractivity contribution < 1.29 is 11.0 Å². The average molecular weight is 210 g/mol. The van der Waals surface area contributed by atoms with Gasteiger partial charge in [0.25, 0.3) is 5.56 Å². The molecule has 2 aromatic rings. The molecule has 14 heavy (non-hydrogen) atoms. The number of imidazole rings is 1. The maximum atomic E-state index is 11.0. The van der Waals surface area contributed by atoms with Crippen LogP contribution in [0.4, 0.5) is 5.95 Å². The minimum absolute atomic E-state index is 0. The van der Waals surface area contributed by atoms with E-state index in [2.05, 4.69) is 19.9 Å². The molecule has 2 heterocycles. The normalized spacial score (nSPS) is 8.29. The second-order valence-electron chi connectivity index (χ2n) is 2.05. The maximum absolute atomic E-state index is 11.0. The molecule has 2 aromatic heterocycles. The SMILES string of the molecule is Nc1nc2nc[nH]c2c(=O)[nH]1.O.O.[Na].